The maximum Gasteiger partial charge on any atom is 0.269 e. The Morgan fingerprint density at radius 1 is 1.13 bits per heavy atom. The van der Waals surface area contributed by atoms with E-state index < -0.39 is 0 Å². The van der Waals surface area contributed by atoms with Gasteiger partial charge in [0.25, 0.3) is 11.2 Å². The average Bonchev–Trinajstić information content (AvgIpc) is 2.93. The van der Waals surface area contributed by atoms with Crippen LogP contribution in [-0.4, -0.2) is 41.6 Å². The largest absolute Gasteiger partial charge is 0.497 e. The number of methoxy groups -OCH3 is 1. The number of amides is 1. The van der Waals surface area contributed by atoms with Crippen molar-refractivity contribution in [3.05, 3.63) is 98.0 Å². The first-order valence-corrected chi connectivity index (χ1v) is 13.1. The van der Waals surface area contributed by atoms with E-state index >= 15 is 0 Å². The molecule has 1 fully saturated rings. The number of nitrogens with one attached hydrogen (secondary N) is 1. The van der Waals surface area contributed by atoms with Crippen LogP contribution in [0, 0.1) is 22.0 Å². The Morgan fingerprint density at radius 2 is 1.95 bits per heavy atom. The van der Waals surface area contributed by atoms with Gasteiger partial charge in [-0.1, -0.05) is 18.2 Å². The fraction of sp³-hybridized carbons (Fsp3) is 0.379. The number of benzene rings is 2. The summed E-state index contributed by atoms with van der Waals surface area (Å²) in [6.45, 7) is 1.74. The summed E-state index contributed by atoms with van der Waals surface area (Å²) in [7, 11) is 1.63. The van der Waals surface area contributed by atoms with Crippen LogP contribution in [0.25, 0.3) is 0 Å². The lowest BCUT2D eigenvalue weighted by Crippen LogP contribution is -2.61. The van der Waals surface area contributed by atoms with Crippen molar-refractivity contribution in [2.45, 2.75) is 37.8 Å². The number of nitro benzene ring substituents is 1. The van der Waals surface area contributed by atoms with Crippen molar-refractivity contribution in [3.63, 3.8) is 0 Å². The number of rotatable bonds is 6. The maximum absolute atomic E-state index is 13.7. The summed E-state index contributed by atoms with van der Waals surface area (Å²) in [6.07, 6.45) is 2.04. The van der Waals surface area contributed by atoms with Gasteiger partial charge in [0.1, 0.15) is 5.75 Å². The molecule has 2 bridgehead atoms. The number of hydrogen-bond acceptors (Lipinski definition) is 6. The predicted octanol–water partition coefficient (Wildman–Crippen LogP) is 3.29. The molecular formula is C29H30N4O5. The highest BCUT2D eigenvalue weighted by Gasteiger charge is 2.49. The Morgan fingerprint density at radius 3 is 2.71 bits per heavy atom. The van der Waals surface area contributed by atoms with Crippen LogP contribution >= 0.6 is 0 Å². The molecule has 196 valence electrons. The van der Waals surface area contributed by atoms with Gasteiger partial charge in [-0.15, -0.1) is 0 Å². The molecule has 3 aromatic rings. The molecule has 0 radical (unpaired) electrons. The van der Waals surface area contributed by atoms with E-state index in [2.05, 4.69) is 10.2 Å². The third kappa shape index (κ3) is 4.21. The molecule has 4 heterocycles. The highest BCUT2D eigenvalue weighted by molar-refractivity contribution is 5.82. The lowest BCUT2D eigenvalue weighted by atomic mass is 9.70. The molecule has 9 nitrogen and oxygen atoms in total. The predicted molar refractivity (Wildman–Crippen MR) is 143 cm³/mol. The number of nitrogens with zero attached hydrogens (tertiary/aromatic N) is 3. The lowest BCUT2D eigenvalue weighted by Gasteiger charge is -2.54. The van der Waals surface area contributed by atoms with E-state index in [1.807, 2.05) is 47.0 Å². The number of carbonyl (C=O) groups excluding carboxylic acids is 1. The molecule has 1 unspecified atom stereocenters. The van der Waals surface area contributed by atoms with E-state index in [0.29, 0.717) is 32.5 Å². The highest BCUT2D eigenvalue weighted by atomic mass is 16.6. The molecular weight excluding hydrogens is 484 g/mol. The molecule has 4 atom stereocenters. The van der Waals surface area contributed by atoms with Crippen LogP contribution in [0.4, 0.5) is 11.4 Å². The fourth-order valence-corrected chi connectivity index (χ4v) is 6.71. The second-order valence-electron chi connectivity index (χ2n) is 10.5. The van der Waals surface area contributed by atoms with Gasteiger partial charge in [0.05, 0.1) is 18.0 Å². The summed E-state index contributed by atoms with van der Waals surface area (Å²) in [5.74, 6) is 0.667. The molecule has 1 aromatic heterocycles. The minimum atomic E-state index is -0.385. The third-order valence-electron chi connectivity index (χ3n) is 8.41. The smallest absolute Gasteiger partial charge is 0.269 e. The number of aromatic nitrogens is 1. The molecule has 1 saturated heterocycles. The van der Waals surface area contributed by atoms with E-state index in [4.69, 9.17) is 4.74 Å². The summed E-state index contributed by atoms with van der Waals surface area (Å²) in [5, 5.41) is 14.6. The van der Waals surface area contributed by atoms with Crippen LogP contribution < -0.4 is 20.5 Å². The maximum atomic E-state index is 13.7. The second-order valence-corrected chi connectivity index (χ2v) is 10.5. The Bertz CT molecular complexity index is 1450. The molecule has 6 rings (SSSR count). The Hall–Kier alpha value is -4.14. The van der Waals surface area contributed by atoms with Gasteiger partial charge in [0.2, 0.25) is 5.91 Å². The van der Waals surface area contributed by atoms with Crippen molar-refractivity contribution in [1.29, 1.82) is 0 Å². The molecule has 0 aliphatic carbocycles. The van der Waals surface area contributed by atoms with Gasteiger partial charge >= 0.3 is 0 Å². The van der Waals surface area contributed by atoms with Gasteiger partial charge in [-0.3, -0.25) is 19.7 Å². The number of carbonyl (C=O) groups is 1. The fourth-order valence-electron chi connectivity index (χ4n) is 6.71. The van der Waals surface area contributed by atoms with Gasteiger partial charge < -0.3 is 19.5 Å². The van der Waals surface area contributed by atoms with Crippen LogP contribution in [0.1, 0.15) is 29.2 Å². The molecule has 1 amide bonds. The van der Waals surface area contributed by atoms with Crippen LogP contribution in [0.3, 0.4) is 0 Å². The molecule has 0 spiro atoms. The SMILES string of the molecule is COc1ccc(CCNC(=O)[C@@H]2Cc3cc([N+](=O)[O-])ccc3N3C[C@@H]4C[C@H](Cn5c4cccc5=O)C23)cc1. The minimum absolute atomic E-state index is 0.00187. The van der Waals surface area contributed by atoms with E-state index in [1.54, 1.807) is 25.3 Å². The van der Waals surface area contributed by atoms with Crippen LogP contribution in [0.5, 0.6) is 5.75 Å². The minimum Gasteiger partial charge on any atom is -0.497 e. The molecule has 2 aromatic carbocycles. The molecule has 9 heteroatoms. The lowest BCUT2D eigenvalue weighted by molar-refractivity contribution is -0.384. The number of pyridine rings is 1. The molecule has 3 aliphatic rings. The zero-order valence-electron chi connectivity index (χ0n) is 21.2. The average molecular weight is 515 g/mol. The molecule has 0 saturated carbocycles. The van der Waals surface area contributed by atoms with Crippen molar-refractivity contribution >= 4 is 17.3 Å². The monoisotopic (exact) mass is 514 g/mol. The van der Waals surface area contributed by atoms with E-state index in [-0.39, 0.29) is 45.9 Å². The number of fused-ring (bicyclic) bond motifs is 8. The van der Waals surface area contributed by atoms with Crippen LogP contribution in [0.2, 0.25) is 0 Å². The number of ether oxygens (including phenoxy) is 1. The summed E-state index contributed by atoms with van der Waals surface area (Å²) < 4.78 is 7.09. The Labute approximate surface area is 220 Å². The first-order valence-electron chi connectivity index (χ1n) is 13.1. The summed E-state index contributed by atoms with van der Waals surface area (Å²) in [5.41, 5.74) is 3.95. The van der Waals surface area contributed by atoms with Gasteiger partial charge in [0, 0.05) is 61.2 Å². The van der Waals surface area contributed by atoms with Crippen molar-refractivity contribution < 1.29 is 14.5 Å². The van der Waals surface area contributed by atoms with Gasteiger partial charge in [-0.05, 0) is 60.6 Å². The molecule has 1 N–H and O–H groups in total. The summed E-state index contributed by atoms with van der Waals surface area (Å²) in [6, 6.07) is 18.1. The third-order valence-corrected chi connectivity index (χ3v) is 8.41. The Kier molecular flexibility index (Phi) is 6.13. The summed E-state index contributed by atoms with van der Waals surface area (Å²) in [4.78, 5) is 39.8. The van der Waals surface area contributed by atoms with E-state index in [9.17, 15) is 19.7 Å². The number of piperidine rings is 1. The van der Waals surface area contributed by atoms with Crippen molar-refractivity contribution in [1.82, 2.24) is 9.88 Å². The number of anilines is 1. The topological polar surface area (TPSA) is 107 Å². The number of hydrogen-bond donors (Lipinski definition) is 1. The van der Waals surface area contributed by atoms with Crippen LogP contribution in [-0.2, 0) is 24.2 Å². The number of nitro groups is 1. The number of non-ortho nitro benzene ring substituents is 1. The molecule has 38 heavy (non-hydrogen) atoms. The van der Waals surface area contributed by atoms with Crippen molar-refractivity contribution in [2.24, 2.45) is 11.8 Å². The van der Waals surface area contributed by atoms with Crippen molar-refractivity contribution in [2.75, 3.05) is 25.1 Å². The van der Waals surface area contributed by atoms with E-state index in [1.165, 1.54) is 0 Å². The standard InChI is InChI=1S/C29H30N4O5/c1-38-23-8-5-18(6-9-23)11-12-30-29(35)24-15-19-14-22(33(36)37)7-10-26(19)32-16-20-13-21(28(24)32)17-31-25(20)3-2-4-27(31)34/h2-10,14,20-21,24,28H,11-13,15-17H2,1H3,(H,30,35)/t20-,21+,24+,28?/m0/s1. The summed E-state index contributed by atoms with van der Waals surface area (Å²) >= 11 is 0. The quantitative estimate of drug-likeness (QED) is 0.400. The first kappa shape index (κ1) is 24.2. The van der Waals surface area contributed by atoms with Crippen molar-refractivity contribution in [3.8, 4) is 5.75 Å². The van der Waals surface area contributed by atoms with Gasteiger partial charge in [-0.25, -0.2) is 0 Å². The Balaban J connectivity index is 1.29. The van der Waals surface area contributed by atoms with Gasteiger partial charge in [-0.2, -0.15) is 0 Å². The first-order chi connectivity index (χ1) is 18.4. The van der Waals surface area contributed by atoms with Gasteiger partial charge in [0.15, 0.2) is 0 Å². The zero-order valence-corrected chi connectivity index (χ0v) is 21.2. The zero-order chi connectivity index (χ0) is 26.4. The van der Waals surface area contributed by atoms with E-state index in [0.717, 1.165) is 34.7 Å². The van der Waals surface area contributed by atoms with Crippen LogP contribution in [0.15, 0.2) is 65.5 Å². The second kappa shape index (κ2) is 9.63. The highest BCUT2D eigenvalue weighted by Crippen LogP contribution is 2.47. The normalized spacial score (nSPS) is 23.0. The molecule has 3 aliphatic heterocycles.